The number of nitrogens with two attached hydrogens (primary N) is 1. The van der Waals surface area contributed by atoms with Crippen LogP contribution < -0.4 is 32.6 Å². The molecule has 0 radical (unpaired) electrons. The van der Waals surface area contributed by atoms with Gasteiger partial charge in [-0.15, -0.1) is 0 Å². The van der Waals surface area contributed by atoms with Gasteiger partial charge in [-0.05, 0) is 72.8 Å². The minimum Gasteiger partial charge on any atom is -0.399 e. The van der Waals surface area contributed by atoms with E-state index in [4.69, 9.17) is 5.73 Å². The lowest BCUT2D eigenvalue weighted by atomic mass is 10.2. The highest BCUT2D eigenvalue weighted by Gasteiger charge is 2.02. The molecule has 4 rings (SSSR count). The van der Waals surface area contributed by atoms with Gasteiger partial charge in [0.05, 0.1) is 11.4 Å². The van der Waals surface area contributed by atoms with E-state index in [0.29, 0.717) is 17.1 Å². The average molecular weight is 394 g/mol. The van der Waals surface area contributed by atoms with Crippen LogP contribution in [-0.2, 0) is 0 Å². The van der Waals surface area contributed by atoms with Crippen molar-refractivity contribution in [2.24, 2.45) is 9.98 Å². The molecule has 6 heteroatoms. The van der Waals surface area contributed by atoms with E-state index in [0.717, 1.165) is 11.4 Å². The van der Waals surface area contributed by atoms with E-state index < -0.39 is 0 Å². The molecule has 0 spiro atoms. The van der Waals surface area contributed by atoms with Gasteiger partial charge in [0, 0.05) is 17.1 Å². The highest BCUT2D eigenvalue weighted by atomic mass is 16.1. The lowest BCUT2D eigenvalue weighted by Gasteiger charge is -2.05. The molecule has 0 aliphatic rings. The van der Waals surface area contributed by atoms with Gasteiger partial charge in [-0.2, -0.15) is 0 Å². The molecule has 0 aliphatic heterocycles. The van der Waals surface area contributed by atoms with E-state index in [9.17, 15) is 9.59 Å². The smallest absolute Gasteiger partial charge is 0.206 e. The van der Waals surface area contributed by atoms with Gasteiger partial charge in [-0.1, -0.05) is 18.2 Å². The van der Waals surface area contributed by atoms with Crippen LogP contribution in [0.1, 0.15) is 0 Å². The van der Waals surface area contributed by atoms with Gasteiger partial charge in [0.2, 0.25) is 10.9 Å². The molecule has 30 heavy (non-hydrogen) atoms. The third-order valence-electron chi connectivity index (χ3n) is 4.38. The molecule has 0 atom stereocenters. The lowest BCUT2D eigenvalue weighted by Crippen LogP contribution is -2.47. The SMILES string of the molecule is Nc1ccc(N=c2c(=O)ccc(=O)c2=Nc2ccc(Nc3ccccc3)cc2)cc1. The molecular formula is C24H18N4O2. The van der Waals surface area contributed by atoms with Crippen LogP contribution in [0.2, 0.25) is 0 Å². The van der Waals surface area contributed by atoms with E-state index in [-0.39, 0.29) is 21.6 Å². The van der Waals surface area contributed by atoms with Crippen molar-refractivity contribution in [1.29, 1.82) is 0 Å². The Morgan fingerprint density at radius 1 is 0.567 bits per heavy atom. The summed E-state index contributed by atoms with van der Waals surface area (Å²) in [5.41, 5.74) is 8.45. The number of hydrogen-bond donors (Lipinski definition) is 2. The summed E-state index contributed by atoms with van der Waals surface area (Å²) in [6, 6.07) is 26.2. The second-order valence-electron chi connectivity index (χ2n) is 6.61. The Morgan fingerprint density at radius 2 is 1.03 bits per heavy atom. The van der Waals surface area contributed by atoms with Crippen molar-refractivity contribution in [2.75, 3.05) is 11.1 Å². The Labute approximate surface area is 172 Å². The van der Waals surface area contributed by atoms with Crippen molar-refractivity contribution in [3.8, 4) is 0 Å². The van der Waals surface area contributed by atoms with Crippen LogP contribution in [0, 0.1) is 0 Å². The van der Waals surface area contributed by atoms with Crippen molar-refractivity contribution in [3.05, 3.63) is 122 Å². The van der Waals surface area contributed by atoms with Crippen molar-refractivity contribution in [1.82, 2.24) is 0 Å². The summed E-state index contributed by atoms with van der Waals surface area (Å²) in [6.07, 6.45) is 0. The second kappa shape index (κ2) is 8.36. The number of nitrogens with zero attached hydrogens (tertiary/aromatic N) is 2. The van der Waals surface area contributed by atoms with Crippen LogP contribution in [-0.4, -0.2) is 0 Å². The predicted octanol–water partition coefficient (Wildman–Crippen LogP) is 3.07. The Balaban J connectivity index is 1.75. The summed E-state index contributed by atoms with van der Waals surface area (Å²) in [5.74, 6) is 0. The number of para-hydroxylation sites is 1. The fourth-order valence-corrected chi connectivity index (χ4v) is 2.87. The third-order valence-corrected chi connectivity index (χ3v) is 4.38. The molecule has 0 aromatic heterocycles. The van der Waals surface area contributed by atoms with Crippen molar-refractivity contribution in [2.45, 2.75) is 0 Å². The normalized spacial score (nSPS) is 12.1. The fraction of sp³-hybridized carbons (Fsp3) is 0. The lowest BCUT2D eigenvalue weighted by molar-refractivity contribution is 1.16. The maximum absolute atomic E-state index is 12.4. The number of rotatable bonds is 4. The first-order chi connectivity index (χ1) is 14.6. The molecule has 6 nitrogen and oxygen atoms in total. The third kappa shape index (κ3) is 4.39. The van der Waals surface area contributed by atoms with Crippen LogP contribution in [0.25, 0.3) is 0 Å². The molecule has 0 fully saturated rings. The zero-order valence-corrected chi connectivity index (χ0v) is 15.9. The molecule has 0 bridgehead atoms. The molecule has 0 unspecified atom stereocenters. The van der Waals surface area contributed by atoms with Gasteiger partial charge in [0.15, 0.2) is 0 Å². The Hall–Kier alpha value is -4.32. The van der Waals surface area contributed by atoms with Gasteiger partial charge >= 0.3 is 0 Å². The zero-order chi connectivity index (χ0) is 20.9. The number of benzene rings is 4. The van der Waals surface area contributed by atoms with Crippen LogP contribution >= 0.6 is 0 Å². The summed E-state index contributed by atoms with van der Waals surface area (Å²) < 4.78 is 0. The zero-order valence-electron chi connectivity index (χ0n) is 15.9. The Morgan fingerprint density at radius 3 is 1.57 bits per heavy atom. The number of nitrogens with one attached hydrogen (secondary N) is 1. The summed E-state index contributed by atoms with van der Waals surface area (Å²) >= 11 is 0. The average Bonchev–Trinajstić information content (AvgIpc) is 2.76. The maximum atomic E-state index is 12.4. The quantitative estimate of drug-likeness (QED) is 0.520. The van der Waals surface area contributed by atoms with E-state index in [1.54, 1.807) is 36.4 Å². The van der Waals surface area contributed by atoms with Gasteiger partial charge in [0.25, 0.3) is 0 Å². The number of anilines is 3. The summed E-state index contributed by atoms with van der Waals surface area (Å²) in [7, 11) is 0. The van der Waals surface area contributed by atoms with Crippen LogP contribution in [0.15, 0.2) is 111 Å². The highest BCUT2D eigenvalue weighted by molar-refractivity contribution is 5.61. The number of hydrogen-bond acceptors (Lipinski definition) is 6. The minimum absolute atomic E-state index is 0.0127. The summed E-state index contributed by atoms with van der Waals surface area (Å²) in [6.45, 7) is 0. The van der Waals surface area contributed by atoms with Gasteiger partial charge in [-0.3, -0.25) is 9.59 Å². The topological polar surface area (TPSA) is 96.9 Å². The molecule has 3 N–H and O–H groups in total. The van der Waals surface area contributed by atoms with Gasteiger partial charge < -0.3 is 11.1 Å². The van der Waals surface area contributed by atoms with Crippen LogP contribution in [0.4, 0.5) is 28.4 Å². The molecule has 0 amide bonds. The standard InChI is InChI=1S/C24H18N4O2/c25-16-6-8-19(9-7-16)27-23-21(29)14-15-22(30)24(23)28-20-12-10-18(11-13-20)26-17-4-2-1-3-5-17/h1-15,26H,25H2. The van der Waals surface area contributed by atoms with E-state index >= 15 is 0 Å². The van der Waals surface area contributed by atoms with Crippen LogP contribution in [0.5, 0.6) is 0 Å². The molecule has 146 valence electrons. The predicted molar refractivity (Wildman–Crippen MR) is 119 cm³/mol. The first kappa shape index (κ1) is 19.0. The van der Waals surface area contributed by atoms with Gasteiger partial charge in [-0.25, -0.2) is 9.98 Å². The molecular weight excluding hydrogens is 376 g/mol. The maximum Gasteiger partial charge on any atom is 0.206 e. The first-order valence-corrected chi connectivity index (χ1v) is 9.31. The molecule has 4 aromatic rings. The Bertz CT molecular complexity index is 1390. The highest BCUT2D eigenvalue weighted by Crippen LogP contribution is 2.19. The molecule has 4 aromatic carbocycles. The van der Waals surface area contributed by atoms with Crippen molar-refractivity contribution < 1.29 is 0 Å². The number of nitrogen functional groups attached to an aromatic ring is 1. The van der Waals surface area contributed by atoms with Crippen molar-refractivity contribution >= 4 is 28.4 Å². The molecule has 0 saturated heterocycles. The monoisotopic (exact) mass is 394 g/mol. The molecule has 0 aliphatic carbocycles. The van der Waals surface area contributed by atoms with E-state index in [1.165, 1.54) is 12.1 Å². The molecule has 0 heterocycles. The summed E-state index contributed by atoms with van der Waals surface area (Å²) in [4.78, 5) is 33.6. The van der Waals surface area contributed by atoms with Crippen molar-refractivity contribution in [3.63, 3.8) is 0 Å². The largest absolute Gasteiger partial charge is 0.399 e. The van der Waals surface area contributed by atoms with Gasteiger partial charge in [0.1, 0.15) is 10.7 Å². The summed E-state index contributed by atoms with van der Waals surface area (Å²) in [5, 5.41) is 3.31. The van der Waals surface area contributed by atoms with E-state index in [2.05, 4.69) is 15.3 Å². The second-order valence-corrected chi connectivity index (χ2v) is 6.61. The van der Waals surface area contributed by atoms with E-state index in [1.807, 2.05) is 42.5 Å². The minimum atomic E-state index is -0.368. The molecule has 0 saturated carbocycles. The Kier molecular flexibility index (Phi) is 5.30. The fourth-order valence-electron chi connectivity index (χ4n) is 2.87. The first-order valence-electron chi connectivity index (χ1n) is 9.31. The van der Waals surface area contributed by atoms with Crippen LogP contribution in [0.3, 0.4) is 0 Å².